The Hall–Kier alpha value is -0.700. The molecule has 13 heavy (non-hydrogen) atoms. The summed E-state index contributed by atoms with van der Waals surface area (Å²) in [7, 11) is 0. The highest BCUT2D eigenvalue weighted by Gasteiger charge is 2.32. The number of rotatable bonds is 2. The molecule has 0 unspecified atom stereocenters. The van der Waals surface area contributed by atoms with Gasteiger partial charge >= 0.3 is 6.18 Å². The number of benzene rings is 1. The molecule has 0 aliphatic heterocycles. The molecule has 0 atom stereocenters. The lowest BCUT2D eigenvalue weighted by Crippen LogP contribution is -2.09. The predicted molar refractivity (Wildman–Crippen MR) is 45.9 cm³/mol. The summed E-state index contributed by atoms with van der Waals surface area (Å²) < 4.78 is 37.0. The molecule has 0 aromatic heterocycles. The average Bonchev–Trinajstić information content (AvgIpc) is 2.04. The molecule has 0 heterocycles. The third-order valence-electron chi connectivity index (χ3n) is 1.69. The molecule has 0 aliphatic carbocycles. The Balaban J connectivity index is 3.05. The van der Waals surface area contributed by atoms with Crippen LogP contribution in [-0.4, -0.2) is 5.88 Å². The quantitative estimate of drug-likeness (QED) is 0.653. The van der Waals surface area contributed by atoms with Gasteiger partial charge in [-0.05, 0) is 18.1 Å². The Bertz CT molecular complexity index is 280. The number of hydrogen-bond acceptors (Lipinski definition) is 0. The molecule has 0 saturated heterocycles. The second kappa shape index (κ2) is 4.01. The summed E-state index contributed by atoms with van der Waals surface area (Å²) in [6.07, 6.45) is -4.03. The van der Waals surface area contributed by atoms with E-state index in [9.17, 15) is 13.2 Å². The first-order chi connectivity index (χ1) is 6.05. The normalized spacial score (nSPS) is 11.7. The fourth-order valence-corrected chi connectivity index (χ4v) is 1.32. The number of hydrogen-bond donors (Lipinski definition) is 0. The zero-order valence-corrected chi connectivity index (χ0v) is 7.49. The number of alkyl halides is 4. The number of halogens is 4. The highest BCUT2D eigenvalue weighted by atomic mass is 35.5. The van der Waals surface area contributed by atoms with E-state index in [-0.39, 0.29) is 17.9 Å². The van der Waals surface area contributed by atoms with Crippen molar-refractivity contribution in [3.8, 4) is 0 Å². The van der Waals surface area contributed by atoms with Crippen LogP contribution in [0.25, 0.3) is 0 Å². The predicted octanol–water partition coefficient (Wildman–Crippen LogP) is 3.49. The molecule has 72 valence electrons. The van der Waals surface area contributed by atoms with Gasteiger partial charge in [0.25, 0.3) is 0 Å². The summed E-state index contributed by atoms with van der Waals surface area (Å²) in [6, 6.07) is 5.48. The second-order valence-corrected chi connectivity index (χ2v) is 2.97. The van der Waals surface area contributed by atoms with E-state index in [1.807, 2.05) is 0 Å². The van der Waals surface area contributed by atoms with Crippen molar-refractivity contribution in [3.63, 3.8) is 0 Å². The van der Waals surface area contributed by atoms with Crippen LogP contribution in [0.1, 0.15) is 11.1 Å². The van der Waals surface area contributed by atoms with E-state index >= 15 is 0 Å². The van der Waals surface area contributed by atoms with Gasteiger partial charge in [0.15, 0.2) is 0 Å². The van der Waals surface area contributed by atoms with Gasteiger partial charge in [0, 0.05) is 5.88 Å². The Kier molecular flexibility index (Phi) is 3.20. The Morgan fingerprint density at radius 1 is 1.15 bits per heavy atom. The van der Waals surface area contributed by atoms with Crippen molar-refractivity contribution in [2.75, 3.05) is 5.88 Å². The molecule has 0 spiro atoms. The summed E-state index contributed by atoms with van der Waals surface area (Å²) in [5, 5.41) is 0. The SMILES string of the molecule is FC(F)(F)c1ccccc1CCCl. The fraction of sp³-hybridized carbons (Fsp3) is 0.333. The summed E-state index contributed by atoms with van der Waals surface area (Å²) in [5.74, 6) is 0.201. The first-order valence-corrected chi connectivity index (χ1v) is 4.30. The van der Waals surface area contributed by atoms with Crippen molar-refractivity contribution in [2.24, 2.45) is 0 Å². The van der Waals surface area contributed by atoms with Crippen LogP contribution in [0.5, 0.6) is 0 Å². The third kappa shape index (κ3) is 2.62. The summed E-state index contributed by atoms with van der Waals surface area (Å²) in [5.41, 5.74) is -0.333. The van der Waals surface area contributed by atoms with Crippen molar-refractivity contribution in [2.45, 2.75) is 12.6 Å². The van der Waals surface area contributed by atoms with Gasteiger partial charge in [-0.15, -0.1) is 11.6 Å². The van der Waals surface area contributed by atoms with Crippen LogP contribution < -0.4 is 0 Å². The molecule has 1 aromatic rings. The maximum Gasteiger partial charge on any atom is 0.416 e. The van der Waals surface area contributed by atoms with E-state index in [4.69, 9.17) is 11.6 Å². The average molecular weight is 209 g/mol. The van der Waals surface area contributed by atoms with E-state index in [0.29, 0.717) is 0 Å². The van der Waals surface area contributed by atoms with E-state index in [1.54, 1.807) is 6.07 Å². The highest BCUT2D eigenvalue weighted by molar-refractivity contribution is 6.18. The van der Waals surface area contributed by atoms with Crippen molar-refractivity contribution in [1.29, 1.82) is 0 Å². The van der Waals surface area contributed by atoms with Crippen molar-refractivity contribution in [3.05, 3.63) is 35.4 Å². The van der Waals surface area contributed by atoms with Gasteiger partial charge in [-0.3, -0.25) is 0 Å². The van der Waals surface area contributed by atoms with Crippen molar-refractivity contribution >= 4 is 11.6 Å². The van der Waals surface area contributed by atoms with Crippen LogP contribution in [0.3, 0.4) is 0 Å². The van der Waals surface area contributed by atoms with Gasteiger partial charge in [0.2, 0.25) is 0 Å². The Labute approximate surface area is 79.3 Å². The van der Waals surface area contributed by atoms with Gasteiger partial charge in [-0.25, -0.2) is 0 Å². The molecule has 0 amide bonds. The van der Waals surface area contributed by atoms with Gasteiger partial charge in [0.1, 0.15) is 0 Å². The first kappa shape index (κ1) is 10.4. The largest absolute Gasteiger partial charge is 0.416 e. The molecule has 0 nitrogen and oxygen atoms in total. The highest BCUT2D eigenvalue weighted by Crippen LogP contribution is 2.31. The van der Waals surface area contributed by atoms with Gasteiger partial charge < -0.3 is 0 Å². The summed E-state index contributed by atoms with van der Waals surface area (Å²) >= 11 is 5.39. The molecule has 4 heteroatoms. The zero-order valence-electron chi connectivity index (χ0n) is 6.74. The standard InChI is InChI=1S/C9H8ClF3/c10-6-5-7-3-1-2-4-8(7)9(11,12)13/h1-4H,5-6H2. The minimum absolute atomic E-state index is 0.201. The smallest absolute Gasteiger partial charge is 0.166 e. The molecule has 0 aliphatic rings. The summed E-state index contributed by atoms with van der Waals surface area (Å²) in [6.45, 7) is 0. The lowest BCUT2D eigenvalue weighted by Gasteiger charge is -2.10. The zero-order chi connectivity index (χ0) is 9.90. The molecular weight excluding hydrogens is 201 g/mol. The molecule has 1 aromatic carbocycles. The molecule has 0 saturated carbocycles. The van der Waals surface area contributed by atoms with Crippen LogP contribution in [0.4, 0.5) is 13.2 Å². The monoisotopic (exact) mass is 208 g/mol. The fourth-order valence-electron chi connectivity index (χ4n) is 1.12. The molecule has 1 rings (SSSR count). The van der Waals surface area contributed by atoms with E-state index in [1.165, 1.54) is 12.1 Å². The molecule has 0 bridgehead atoms. The lowest BCUT2D eigenvalue weighted by molar-refractivity contribution is -0.138. The van der Waals surface area contributed by atoms with Crippen LogP contribution in [0, 0.1) is 0 Å². The van der Waals surface area contributed by atoms with Crippen LogP contribution in [-0.2, 0) is 12.6 Å². The van der Waals surface area contributed by atoms with E-state index < -0.39 is 11.7 Å². The first-order valence-electron chi connectivity index (χ1n) is 3.77. The van der Waals surface area contributed by atoms with Crippen molar-refractivity contribution < 1.29 is 13.2 Å². The van der Waals surface area contributed by atoms with Crippen molar-refractivity contribution in [1.82, 2.24) is 0 Å². The third-order valence-corrected chi connectivity index (χ3v) is 1.88. The van der Waals surface area contributed by atoms with E-state index in [0.717, 1.165) is 6.07 Å². The second-order valence-electron chi connectivity index (χ2n) is 2.59. The maximum atomic E-state index is 12.3. The van der Waals surface area contributed by atoms with Gasteiger partial charge in [-0.2, -0.15) is 13.2 Å². The Morgan fingerprint density at radius 2 is 1.77 bits per heavy atom. The van der Waals surface area contributed by atoms with E-state index in [2.05, 4.69) is 0 Å². The summed E-state index contributed by atoms with van der Waals surface area (Å²) in [4.78, 5) is 0. The van der Waals surface area contributed by atoms with Gasteiger partial charge in [0.05, 0.1) is 5.56 Å². The molecule has 0 fully saturated rings. The van der Waals surface area contributed by atoms with Gasteiger partial charge in [-0.1, -0.05) is 18.2 Å². The number of aryl methyl sites for hydroxylation is 1. The molecule has 0 radical (unpaired) electrons. The minimum Gasteiger partial charge on any atom is -0.166 e. The van der Waals surface area contributed by atoms with Crippen LogP contribution in [0.2, 0.25) is 0 Å². The topological polar surface area (TPSA) is 0 Å². The minimum atomic E-state index is -4.28. The van der Waals surface area contributed by atoms with Crippen LogP contribution >= 0.6 is 11.6 Å². The molecular formula is C9H8ClF3. The molecule has 0 N–H and O–H groups in total. The Morgan fingerprint density at radius 3 is 2.31 bits per heavy atom. The van der Waals surface area contributed by atoms with Crippen LogP contribution in [0.15, 0.2) is 24.3 Å². The lowest BCUT2D eigenvalue weighted by atomic mass is 10.1. The maximum absolute atomic E-state index is 12.3.